The number of nitrogens with one attached hydrogen (secondary N) is 1. The third-order valence-corrected chi connectivity index (χ3v) is 6.94. The summed E-state index contributed by atoms with van der Waals surface area (Å²) in [6.45, 7) is 2.59. The van der Waals surface area contributed by atoms with Gasteiger partial charge in [0.15, 0.2) is 11.5 Å². The number of hydrogen-bond acceptors (Lipinski definition) is 7. The van der Waals surface area contributed by atoms with Crippen molar-refractivity contribution in [3.8, 4) is 11.5 Å². The third kappa shape index (κ3) is 7.10. The third-order valence-electron chi connectivity index (χ3n) is 6.94. The van der Waals surface area contributed by atoms with E-state index in [-0.39, 0.29) is 24.6 Å². The maximum atomic E-state index is 12.6. The number of aromatic nitrogens is 1. The molecule has 0 bridgehead atoms. The Morgan fingerprint density at radius 3 is 2.77 bits per heavy atom. The van der Waals surface area contributed by atoms with E-state index in [1.54, 1.807) is 6.20 Å². The van der Waals surface area contributed by atoms with Gasteiger partial charge in [-0.25, -0.2) is 4.98 Å². The Kier molecular flexibility index (Phi) is 8.81. The van der Waals surface area contributed by atoms with Crippen molar-refractivity contribution in [2.24, 2.45) is 5.92 Å². The number of carbonyl (C=O) groups excluding carboxylic acids is 2. The first-order valence-electron chi connectivity index (χ1n) is 12.5. The normalized spacial score (nSPS) is 16.1. The molecular formula is C27H35N3O5. The van der Waals surface area contributed by atoms with Crippen molar-refractivity contribution in [2.75, 3.05) is 38.9 Å². The van der Waals surface area contributed by atoms with Crippen LogP contribution in [0.3, 0.4) is 0 Å². The first-order valence-corrected chi connectivity index (χ1v) is 12.5. The van der Waals surface area contributed by atoms with E-state index in [1.165, 1.54) is 7.11 Å². The molecule has 1 amide bonds. The number of fused-ring (bicyclic) bond motifs is 1. The predicted molar refractivity (Wildman–Crippen MR) is 132 cm³/mol. The minimum atomic E-state index is -0.203. The number of benzene rings is 1. The topological polar surface area (TPSA) is 90.0 Å². The van der Waals surface area contributed by atoms with E-state index in [0.717, 1.165) is 74.6 Å². The maximum Gasteiger partial charge on any atom is 0.306 e. The SMILES string of the molecule is COC(=O)CC(CCC1CCN(C(=O)CCCNc2ccccn2)CC1)c1ccc2c(c1)OCO2. The highest BCUT2D eigenvalue weighted by Gasteiger charge is 2.25. The van der Waals surface area contributed by atoms with Crippen LogP contribution in [-0.2, 0) is 14.3 Å². The van der Waals surface area contributed by atoms with Gasteiger partial charge in [0.1, 0.15) is 5.82 Å². The largest absolute Gasteiger partial charge is 0.469 e. The van der Waals surface area contributed by atoms with E-state index >= 15 is 0 Å². The maximum absolute atomic E-state index is 12.6. The van der Waals surface area contributed by atoms with Crippen molar-refractivity contribution in [1.82, 2.24) is 9.88 Å². The van der Waals surface area contributed by atoms with Crippen molar-refractivity contribution >= 4 is 17.7 Å². The zero-order chi connectivity index (χ0) is 24.5. The van der Waals surface area contributed by atoms with Gasteiger partial charge in [0, 0.05) is 32.3 Å². The minimum absolute atomic E-state index is 0.0724. The summed E-state index contributed by atoms with van der Waals surface area (Å²) < 4.78 is 15.9. The van der Waals surface area contributed by atoms with Crippen LogP contribution in [0.4, 0.5) is 5.82 Å². The quantitative estimate of drug-likeness (QED) is 0.377. The molecule has 8 nitrogen and oxygen atoms in total. The number of anilines is 1. The molecule has 1 atom stereocenters. The molecule has 1 aromatic carbocycles. The van der Waals surface area contributed by atoms with E-state index in [1.807, 2.05) is 41.3 Å². The Morgan fingerprint density at radius 2 is 2.00 bits per heavy atom. The summed E-state index contributed by atoms with van der Waals surface area (Å²) in [5, 5.41) is 3.25. The van der Waals surface area contributed by atoms with Crippen LogP contribution in [0.1, 0.15) is 56.4 Å². The Morgan fingerprint density at radius 1 is 1.17 bits per heavy atom. The van der Waals surface area contributed by atoms with E-state index in [9.17, 15) is 9.59 Å². The molecule has 0 aliphatic carbocycles. The fourth-order valence-electron chi connectivity index (χ4n) is 4.83. The lowest BCUT2D eigenvalue weighted by molar-refractivity contribution is -0.141. The van der Waals surface area contributed by atoms with Crippen LogP contribution >= 0.6 is 0 Å². The lowest BCUT2D eigenvalue weighted by atomic mass is 9.84. The number of nitrogens with zero attached hydrogens (tertiary/aromatic N) is 2. The average Bonchev–Trinajstić information content (AvgIpc) is 3.37. The summed E-state index contributed by atoms with van der Waals surface area (Å²) in [6, 6.07) is 11.7. The lowest BCUT2D eigenvalue weighted by Gasteiger charge is -2.33. The summed E-state index contributed by atoms with van der Waals surface area (Å²) in [7, 11) is 1.43. The molecule has 2 aliphatic heterocycles. The zero-order valence-electron chi connectivity index (χ0n) is 20.4. The van der Waals surface area contributed by atoms with Crippen LogP contribution in [0.5, 0.6) is 11.5 Å². The molecule has 8 heteroatoms. The molecule has 4 rings (SSSR count). The van der Waals surface area contributed by atoms with Gasteiger partial charge < -0.3 is 24.4 Å². The molecule has 1 saturated heterocycles. The predicted octanol–water partition coefficient (Wildman–Crippen LogP) is 4.37. The Hall–Kier alpha value is -3.29. The Balaban J connectivity index is 1.20. The second kappa shape index (κ2) is 12.4. The minimum Gasteiger partial charge on any atom is -0.469 e. The molecule has 2 aliphatic rings. The molecule has 1 aromatic heterocycles. The molecule has 2 aromatic rings. The van der Waals surface area contributed by atoms with E-state index < -0.39 is 0 Å². The smallest absolute Gasteiger partial charge is 0.306 e. The van der Waals surface area contributed by atoms with Gasteiger partial charge in [-0.15, -0.1) is 0 Å². The van der Waals surface area contributed by atoms with Crippen LogP contribution in [0.15, 0.2) is 42.6 Å². The van der Waals surface area contributed by atoms with E-state index in [4.69, 9.17) is 14.2 Å². The van der Waals surface area contributed by atoms with Crippen molar-refractivity contribution in [3.63, 3.8) is 0 Å². The van der Waals surface area contributed by atoms with Crippen molar-refractivity contribution < 1.29 is 23.8 Å². The highest BCUT2D eigenvalue weighted by molar-refractivity contribution is 5.76. The Bertz CT molecular complexity index is 976. The zero-order valence-corrected chi connectivity index (χ0v) is 20.4. The van der Waals surface area contributed by atoms with Crippen molar-refractivity contribution in [2.45, 2.75) is 50.9 Å². The van der Waals surface area contributed by atoms with Gasteiger partial charge in [-0.05, 0) is 73.8 Å². The van der Waals surface area contributed by atoms with Gasteiger partial charge in [0.25, 0.3) is 0 Å². The fourth-order valence-corrected chi connectivity index (χ4v) is 4.83. The van der Waals surface area contributed by atoms with Crippen molar-refractivity contribution in [3.05, 3.63) is 48.2 Å². The summed E-state index contributed by atoms with van der Waals surface area (Å²) in [5.74, 6) is 2.98. The molecule has 0 radical (unpaired) electrons. The van der Waals surface area contributed by atoms with Gasteiger partial charge in [-0.1, -0.05) is 12.1 Å². The molecule has 1 N–H and O–H groups in total. The standard InChI is InChI=1S/C27H35N3O5/c1-33-27(32)18-22(21-9-10-23-24(17-21)35-19-34-23)8-7-20-11-15-30(16-12-20)26(31)6-4-14-29-25-5-2-3-13-28-25/h2-3,5,9-10,13,17,20,22H,4,6-8,11-12,14-16,18-19H2,1H3,(H,28,29). The molecule has 3 heterocycles. The average molecular weight is 482 g/mol. The number of rotatable bonds is 11. The lowest BCUT2D eigenvalue weighted by Crippen LogP contribution is -2.38. The number of methoxy groups -OCH3 is 1. The highest BCUT2D eigenvalue weighted by Crippen LogP contribution is 2.38. The van der Waals surface area contributed by atoms with Crippen molar-refractivity contribution in [1.29, 1.82) is 0 Å². The number of carbonyl (C=O) groups is 2. The summed E-state index contributed by atoms with van der Waals surface area (Å²) in [5.41, 5.74) is 1.08. The number of ether oxygens (including phenoxy) is 3. The second-order valence-electron chi connectivity index (χ2n) is 9.24. The molecule has 1 unspecified atom stereocenters. The molecule has 188 valence electrons. The van der Waals surface area contributed by atoms with Gasteiger partial charge >= 0.3 is 5.97 Å². The molecular weight excluding hydrogens is 446 g/mol. The van der Waals surface area contributed by atoms with Crippen LogP contribution < -0.4 is 14.8 Å². The number of hydrogen-bond donors (Lipinski definition) is 1. The highest BCUT2D eigenvalue weighted by atomic mass is 16.7. The second-order valence-corrected chi connectivity index (χ2v) is 9.24. The number of esters is 1. The number of pyridine rings is 1. The molecule has 35 heavy (non-hydrogen) atoms. The monoisotopic (exact) mass is 481 g/mol. The number of amides is 1. The van der Waals surface area contributed by atoms with Crippen LogP contribution in [0.25, 0.3) is 0 Å². The first-order chi connectivity index (χ1) is 17.1. The summed E-state index contributed by atoms with van der Waals surface area (Å²) in [4.78, 5) is 30.9. The van der Waals surface area contributed by atoms with Gasteiger partial charge in [-0.3, -0.25) is 9.59 Å². The number of likely N-dealkylation sites (tertiary alicyclic amines) is 1. The summed E-state index contributed by atoms with van der Waals surface area (Å²) in [6.07, 6.45) is 7.37. The fraction of sp³-hybridized carbons (Fsp3) is 0.519. The van der Waals surface area contributed by atoms with Crippen LogP contribution in [0.2, 0.25) is 0 Å². The van der Waals surface area contributed by atoms with Crippen LogP contribution in [-0.4, -0.2) is 55.3 Å². The Labute approximate surface area is 207 Å². The molecule has 1 fully saturated rings. The first kappa shape index (κ1) is 24.8. The van der Waals surface area contributed by atoms with Gasteiger partial charge in [-0.2, -0.15) is 0 Å². The van der Waals surface area contributed by atoms with Gasteiger partial charge in [0.2, 0.25) is 12.7 Å². The molecule has 0 spiro atoms. The molecule has 0 saturated carbocycles. The number of piperidine rings is 1. The van der Waals surface area contributed by atoms with Crippen LogP contribution in [0, 0.1) is 5.92 Å². The van der Waals surface area contributed by atoms with E-state index in [0.29, 0.717) is 18.8 Å². The van der Waals surface area contributed by atoms with E-state index in [2.05, 4.69) is 10.3 Å². The summed E-state index contributed by atoms with van der Waals surface area (Å²) >= 11 is 0. The van der Waals surface area contributed by atoms with Gasteiger partial charge in [0.05, 0.1) is 13.5 Å².